The van der Waals surface area contributed by atoms with Crippen molar-refractivity contribution in [2.24, 2.45) is 29.1 Å². The number of ketones is 2. The number of fused-ring (bicyclic) bond motifs is 3. The Hall–Kier alpha value is -2.03. The van der Waals surface area contributed by atoms with E-state index in [2.05, 4.69) is 6.92 Å². The molecule has 2 aliphatic carbocycles. The van der Waals surface area contributed by atoms with Gasteiger partial charge in [-0.3, -0.25) is 14.4 Å². The second-order valence-corrected chi connectivity index (χ2v) is 12.9. The molecular weight excluding hydrogens is 488 g/mol. The van der Waals surface area contributed by atoms with Gasteiger partial charge in [-0.1, -0.05) is 41.0 Å². The van der Waals surface area contributed by atoms with Crippen molar-refractivity contribution in [2.45, 2.75) is 117 Å². The van der Waals surface area contributed by atoms with Crippen LogP contribution >= 0.6 is 0 Å². The zero-order valence-electron chi connectivity index (χ0n) is 23.9. The lowest BCUT2D eigenvalue weighted by molar-refractivity contribution is -0.249. The first-order chi connectivity index (χ1) is 17.6. The Morgan fingerprint density at radius 1 is 1.29 bits per heavy atom. The third kappa shape index (κ3) is 4.77. The maximum absolute atomic E-state index is 13.8. The van der Waals surface area contributed by atoms with Gasteiger partial charge < -0.3 is 24.4 Å². The molecule has 8 heteroatoms. The number of hydrogen-bond acceptors (Lipinski definition) is 8. The second-order valence-electron chi connectivity index (χ2n) is 12.9. The summed E-state index contributed by atoms with van der Waals surface area (Å²) in [5.74, 6) is -2.40. The minimum absolute atomic E-state index is 0.0125. The van der Waals surface area contributed by atoms with Gasteiger partial charge in [-0.15, -0.1) is 0 Å². The molecule has 0 aromatic heterocycles. The molecule has 1 saturated heterocycles. The summed E-state index contributed by atoms with van der Waals surface area (Å²) in [5.41, 5.74) is -1.22. The fourth-order valence-electron chi connectivity index (χ4n) is 7.19. The Kier molecular flexibility index (Phi) is 7.76. The average Bonchev–Trinajstić information content (AvgIpc) is 2.83. The van der Waals surface area contributed by atoms with Crippen LogP contribution in [0.15, 0.2) is 23.0 Å². The van der Waals surface area contributed by atoms with Crippen LogP contribution in [0.3, 0.4) is 0 Å². The molecule has 2 heterocycles. The van der Waals surface area contributed by atoms with Crippen LogP contribution in [0.25, 0.3) is 0 Å². The molecule has 212 valence electrons. The lowest BCUT2D eigenvalue weighted by atomic mass is 9.54. The normalized spacial score (nSPS) is 37.7. The Bertz CT molecular complexity index is 1050. The van der Waals surface area contributed by atoms with Crippen LogP contribution in [-0.4, -0.2) is 63.9 Å². The first kappa shape index (κ1) is 29.0. The van der Waals surface area contributed by atoms with Crippen molar-refractivity contribution in [1.29, 1.82) is 0 Å². The van der Waals surface area contributed by atoms with Crippen LogP contribution < -0.4 is 0 Å². The highest BCUT2D eigenvalue weighted by molar-refractivity contribution is 6.22. The summed E-state index contributed by atoms with van der Waals surface area (Å²) in [4.78, 5) is 39.1. The van der Waals surface area contributed by atoms with Gasteiger partial charge in [0.2, 0.25) is 5.78 Å². The molecule has 8 nitrogen and oxygen atoms in total. The number of allylic oxidation sites excluding steroid dienone is 2. The molecule has 2 fully saturated rings. The van der Waals surface area contributed by atoms with E-state index in [0.717, 1.165) is 6.42 Å². The molecular formula is C30H44O8. The van der Waals surface area contributed by atoms with Gasteiger partial charge in [0.25, 0.3) is 0 Å². The van der Waals surface area contributed by atoms with Gasteiger partial charge in [0.15, 0.2) is 11.5 Å². The fourth-order valence-corrected chi connectivity index (χ4v) is 7.19. The number of Topliss-reactive ketones (excluding diaryl/α,β-unsaturated/α-hetero) is 1. The van der Waals surface area contributed by atoms with Crippen LogP contribution in [0.1, 0.15) is 81.1 Å². The van der Waals surface area contributed by atoms with Gasteiger partial charge in [0.1, 0.15) is 12.2 Å². The summed E-state index contributed by atoms with van der Waals surface area (Å²) in [6.07, 6.45) is 1.26. The predicted octanol–water partition coefficient (Wildman–Crippen LogP) is 3.67. The van der Waals surface area contributed by atoms with Crippen LogP contribution in [0.5, 0.6) is 0 Å². The Morgan fingerprint density at radius 2 is 1.95 bits per heavy atom. The second kappa shape index (κ2) is 10.2. The highest BCUT2D eigenvalue weighted by Gasteiger charge is 2.61. The maximum atomic E-state index is 13.8. The van der Waals surface area contributed by atoms with Crippen molar-refractivity contribution < 1.29 is 38.8 Å². The number of carbonyl (C=O) groups excluding carboxylic acids is 3. The number of esters is 1. The molecule has 0 amide bonds. The summed E-state index contributed by atoms with van der Waals surface area (Å²) in [7, 11) is 0. The van der Waals surface area contributed by atoms with E-state index in [0.29, 0.717) is 19.3 Å². The zero-order chi connectivity index (χ0) is 28.3. The van der Waals surface area contributed by atoms with Crippen LogP contribution in [-0.2, 0) is 28.6 Å². The average molecular weight is 533 g/mol. The van der Waals surface area contributed by atoms with Crippen LogP contribution in [0, 0.1) is 29.1 Å². The fraction of sp³-hybridized carbons (Fsp3) is 0.767. The lowest BCUT2D eigenvalue weighted by Crippen LogP contribution is -2.64. The van der Waals surface area contributed by atoms with E-state index in [1.165, 1.54) is 13.0 Å². The highest BCUT2D eigenvalue weighted by atomic mass is 16.5. The van der Waals surface area contributed by atoms with Gasteiger partial charge in [-0.25, -0.2) is 0 Å². The number of rotatable bonds is 6. The van der Waals surface area contributed by atoms with Crippen LogP contribution in [0.2, 0.25) is 0 Å². The maximum Gasteiger partial charge on any atom is 0.302 e. The largest absolute Gasteiger partial charge is 0.485 e. The Morgan fingerprint density at radius 3 is 2.53 bits per heavy atom. The molecule has 38 heavy (non-hydrogen) atoms. The molecule has 4 rings (SSSR count). The minimum atomic E-state index is -1.18. The summed E-state index contributed by atoms with van der Waals surface area (Å²) >= 11 is 0. The minimum Gasteiger partial charge on any atom is -0.485 e. The molecule has 10 atom stereocenters. The van der Waals surface area contributed by atoms with Crippen molar-refractivity contribution in [3.63, 3.8) is 0 Å². The number of ether oxygens (including phenoxy) is 3. The summed E-state index contributed by atoms with van der Waals surface area (Å²) in [5, 5.41) is 22.3. The number of carbonyl (C=O) groups is 3. The van der Waals surface area contributed by atoms with E-state index in [1.54, 1.807) is 20.8 Å². The third-order valence-electron chi connectivity index (χ3n) is 9.70. The van der Waals surface area contributed by atoms with Crippen molar-refractivity contribution in [3.05, 3.63) is 23.0 Å². The smallest absolute Gasteiger partial charge is 0.302 e. The molecule has 4 aliphatic rings. The standard InChI is InChI=1S/C30H44O8/c1-9-14(2)26(36-17(5)31)16(4)18-13-19(32)22-25(34)23-27(38-28(22)24(18)33)15(3)12-21-30(23,8)11-10-20(37-21)29(6,7)35/h13-16,20-21,23,25-27,34-35H,9-12H2,1-8H3/t14-,15-,16-,20?,21+,23?,25?,26+,27?,30-/m0/s1. The Labute approximate surface area is 225 Å². The molecule has 0 aromatic carbocycles. The monoisotopic (exact) mass is 532 g/mol. The van der Waals surface area contributed by atoms with Gasteiger partial charge in [-0.2, -0.15) is 0 Å². The van der Waals surface area contributed by atoms with Gasteiger partial charge in [0.05, 0.1) is 29.5 Å². The van der Waals surface area contributed by atoms with Crippen LogP contribution in [0.4, 0.5) is 0 Å². The van der Waals surface area contributed by atoms with E-state index < -0.39 is 58.7 Å². The molecule has 0 radical (unpaired) electrons. The SMILES string of the molecule is CC[C@H](C)[C@@H](OC(C)=O)[C@@H](C)C1=CC(=O)C2=C(OC3C(C2O)[C@@]2(C)CCC(C(C)(C)O)O[C@@H]2C[C@@H]3C)C1=O. The van der Waals surface area contributed by atoms with Crippen molar-refractivity contribution in [3.8, 4) is 0 Å². The first-order valence-electron chi connectivity index (χ1n) is 14.1. The molecule has 0 bridgehead atoms. The van der Waals surface area contributed by atoms with E-state index in [4.69, 9.17) is 14.2 Å². The first-order valence-corrected chi connectivity index (χ1v) is 14.1. The molecule has 2 aliphatic heterocycles. The van der Waals surface area contributed by atoms with Crippen molar-refractivity contribution >= 4 is 17.5 Å². The Balaban J connectivity index is 1.66. The molecule has 2 N–H and O–H groups in total. The van der Waals surface area contributed by atoms with E-state index in [1.807, 2.05) is 20.8 Å². The lowest BCUT2D eigenvalue weighted by Gasteiger charge is -2.59. The number of aliphatic hydroxyl groups excluding tert-OH is 1. The summed E-state index contributed by atoms with van der Waals surface area (Å²) < 4.78 is 18.4. The summed E-state index contributed by atoms with van der Waals surface area (Å²) in [6, 6.07) is 0. The highest BCUT2D eigenvalue weighted by Crippen LogP contribution is 2.57. The summed E-state index contributed by atoms with van der Waals surface area (Å²) in [6.45, 7) is 14.6. The van der Waals surface area contributed by atoms with E-state index in [9.17, 15) is 24.6 Å². The van der Waals surface area contributed by atoms with Gasteiger partial charge >= 0.3 is 5.97 Å². The number of aliphatic hydroxyl groups is 2. The molecule has 4 unspecified atom stereocenters. The van der Waals surface area contributed by atoms with E-state index in [-0.39, 0.29) is 40.9 Å². The predicted molar refractivity (Wildman–Crippen MR) is 140 cm³/mol. The van der Waals surface area contributed by atoms with E-state index >= 15 is 0 Å². The zero-order valence-corrected chi connectivity index (χ0v) is 23.9. The quantitative estimate of drug-likeness (QED) is 0.393. The number of hydrogen-bond donors (Lipinski definition) is 2. The molecule has 1 saturated carbocycles. The van der Waals surface area contributed by atoms with Gasteiger partial charge in [-0.05, 0) is 51.0 Å². The van der Waals surface area contributed by atoms with Gasteiger partial charge in [0, 0.05) is 29.7 Å². The molecule has 0 spiro atoms. The third-order valence-corrected chi connectivity index (χ3v) is 9.70. The van der Waals surface area contributed by atoms with Crippen molar-refractivity contribution in [2.75, 3.05) is 0 Å². The topological polar surface area (TPSA) is 119 Å². The molecule has 0 aromatic rings. The van der Waals surface area contributed by atoms with Crippen molar-refractivity contribution in [1.82, 2.24) is 0 Å².